The number of halogens is 1. The van der Waals surface area contributed by atoms with Gasteiger partial charge in [0.25, 0.3) is 0 Å². The molecule has 0 unspecified atom stereocenters. The molecule has 1 heterocycles. The molecule has 0 saturated heterocycles. The fourth-order valence-electron chi connectivity index (χ4n) is 1.91. The lowest BCUT2D eigenvalue weighted by molar-refractivity contribution is 0.412. The topological polar surface area (TPSA) is 52.0 Å². The van der Waals surface area contributed by atoms with Gasteiger partial charge < -0.3 is 10.1 Å². The largest absolute Gasteiger partial charge is 0.496 e. The van der Waals surface area contributed by atoms with Crippen LogP contribution in [0.1, 0.15) is 13.8 Å². The van der Waals surface area contributed by atoms with Crippen molar-refractivity contribution in [3.8, 4) is 17.1 Å². The summed E-state index contributed by atoms with van der Waals surface area (Å²) in [5.41, 5.74) is 1.01. The van der Waals surface area contributed by atoms with Crippen LogP contribution < -0.4 is 10.1 Å². The second-order valence-electron chi connectivity index (χ2n) is 3.97. The number of rotatable bonds is 5. The Morgan fingerprint density at radius 3 is 2.68 bits per heavy atom. The molecule has 0 spiro atoms. The highest BCUT2D eigenvalue weighted by Crippen LogP contribution is 2.30. The zero-order chi connectivity index (χ0) is 13.8. The lowest BCUT2D eigenvalue weighted by Gasteiger charge is -2.09. The molecule has 1 N–H and O–H groups in total. The van der Waals surface area contributed by atoms with E-state index < -0.39 is 0 Å². The van der Waals surface area contributed by atoms with Crippen molar-refractivity contribution in [3.63, 3.8) is 0 Å². The molecule has 0 aliphatic carbocycles. The van der Waals surface area contributed by atoms with Gasteiger partial charge in [-0.05, 0) is 48.0 Å². The second-order valence-corrected chi connectivity index (χ2v) is 4.83. The van der Waals surface area contributed by atoms with Crippen molar-refractivity contribution in [1.29, 1.82) is 0 Å². The molecule has 19 heavy (non-hydrogen) atoms. The maximum absolute atomic E-state index is 5.23. The van der Waals surface area contributed by atoms with E-state index in [9.17, 15) is 0 Å². The molecule has 6 heteroatoms. The van der Waals surface area contributed by atoms with Gasteiger partial charge in [-0.1, -0.05) is 0 Å². The highest BCUT2D eigenvalue weighted by molar-refractivity contribution is 9.10. The van der Waals surface area contributed by atoms with E-state index >= 15 is 0 Å². The smallest absolute Gasteiger partial charge is 0.224 e. The van der Waals surface area contributed by atoms with Crippen molar-refractivity contribution in [2.24, 2.45) is 0 Å². The van der Waals surface area contributed by atoms with Gasteiger partial charge in [0, 0.05) is 18.7 Å². The minimum absolute atomic E-state index is 0.798. The summed E-state index contributed by atoms with van der Waals surface area (Å²) in [6.45, 7) is 5.75. The van der Waals surface area contributed by atoms with E-state index in [4.69, 9.17) is 4.74 Å². The number of anilines is 1. The number of aromatic nitrogens is 3. The predicted molar refractivity (Wildman–Crippen MR) is 79.5 cm³/mol. The third-order valence-electron chi connectivity index (χ3n) is 2.81. The first kappa shape index (κ1) is 13.9. The van der Waals surface area contributed by atoms with E-state index in [2.05, 4.69) is 42.9 Å². The second kappa shape index (κ2) is 6.06. The molecule has 0 saturated carbocycles. The number of nitrogens with one attached hydrogen (secondary N) is 1. The van der Waals surface area contributed by atoms with E-state index in [0.717, 1.165) is 40.6 Å². The van der Waals surface area contributed by atoms with Crippen LogP contribution in [0.4, 0.5) is 5.95 Å². The maximum atomic E-state index is 5.23. The van der Waals surface area contributed by atoms with Crippen molar-refractivity contribution < 1.29 is 4.74 Å². The van der Waals surface area contributed by atoms with Gasteiger partial charge in [0.2, 0.25) is 5.95 Å². The predicted octanol–water partition coefficient (Wildman–Crippen LogP) is 3.17. The molecule has 1 aromatic heterocycles. The quantitative estimate of drug-likeness (QED) is 0.917. The van der Waals surface area contributed by atoms with Crippen LogP contribution in [0.15, 0.2) is 22.7 Å². The average Bonchev–Trinajstić information content (AvgIpc) is 2.82. The first-order valence-electron chi connectivity index (χ1n) is 6.22. The standard InChI is InChI=1S/C13H17BrN4O/c1-4-15-13-17-16-12(18(13)5-2)9-6-7-11(19-3)10(14)8-9/h6-8H,4-5H2,1-3H3,(H,15,17). The molecule has 2 rings (SSSR count). The summed E-state index contributed by atoms with van der Waals surface area (Å²) >= 11 is 3.49. The Kier molecular flexibility index (Phi) is 4.42. The number of benzene rings is 1. The van der Waals surface area contributed by atoms with Crippen LogP contribution in [-0.4, -0.2) is 28.4 Å². The molecule has 0 aliphatic rings. The van der Waals surface area contributed by atoms with Crippen LogP contribution in [0.3, 0.4) is 0 Å². The van der Waals surface area contributed by atoms with Gasteiger partial charge in [0.15, 0.2) is 5.82 Å². The van der Waals surface area contributed by atoms with Crippen LogP contribution in [0.25, 0.3) is 11.4 Å². The highest BCUT2D eigenvalue weighted by Gasteiger charge is 2.13. The van der Waals surface area contributed by atoms with Gasteiger partial charge in [-0.2, -0.15) is 0 Å². The van der Waals surface area contributed by atoms with Crippen LogP contribution >= 0.6 is 15.9 Å². The summed E-state index contributed by atoms with van der Waals surface area (Å²) in [5, 5.41) is 11.6. The van der Waals surface area contributed by atoms with Gasteiger partial charge in [0.05, 0.1) is 11.6 Å². The van der Waals surface area contributed by atoms with Gasteiger partial charge in [-0.15, -0.1) is 10.2 Å². The van der Waals surface area contributed by atoms with E-state index in [-0.39, 0.29) is 0 Å². The molecule has 1 aromatic carbocycles. The summed E-state index contributed by atoms with van der Waals surface area (Å²) < 4.78 is 8.19. The van der Waals surface area contributed by atoms with E-state index in [1.54, 1.807) is 7.11 Å². The SMILES string of the molecule is CCNc1nnc(-c2ccc(OC)c(Br)c2)n1CC. The van der Waals surface area contributed by atoms with E-state index in [0.29, 0.717) is 0 Å². The zero-order valence-corrected chi connectivity index (χ0v) is 12.9. The minimum atomic E-state index is 0.798. The molecule has 0 fully saturated rings. The van der Waals surface area contributed by atoms with Crippen molar-refractivity contribution in [2.75, 3.05) is 19.0 Å². The number of hydrogen-bond acceptors (Lipinski definition) is 4. The Balaban J connectivity index is 2.44. The number of methoxy groups -OCH3 is 1. The Hall–Kier alpha value is -1.56. The van der Waals surface area contributed by atoms with Gasteiger partial charge in [0.1, 0.15) is 5.75 Å². The first-order chi connectivity index (χ1) is 9.21. The molecule has 0 aliphatic heterocycles. The van der Waals surface area contributed by atoms with E-state index in [1.807, 2.05) is 25.1 Å². The Morgan fingerprint density at radius 1 is 1.32 bits per heavy atom. The number of nitrogens with zero attached hydrogens (tertiary/aromatic N) is 3. The Morgan fingerprint density at radius 2 is 2.11 bits per heavy atom. The third-order valence-corrected chi connectivity index (χ3v) is 3.43. The summed E-state index contributed by atoms with van der Waals surface area (Å²) in [4.78, 5) is 0. The summed E-state index contributed by atoms with van der Waals surface area (Å²) in [7, 11) is 1.65. The average molecular weight is 325 g/mol. The molecule has 102 valence electrons. The van der Waals surface area contributed by atoms with Gasteiger partial charge in [-0.25, -0.2) is 0 Å². The highest BCUT2D eigenvalue weighted by atomic mass is 79.9. The van der Waals surface area contributed by atoms with Crippen molar-refractivity contribution >= 4 is 21.9 Å². The van der Waals surface area contributed by atoms with Gasteiger partial charge in [-0.3, -0.25) is 4.57 Å². The van der Waals surface area contributed by atoms with Gasteiger partial charge >= 0.3 is 0 Å². The molecule has 0 bridgehead atoms. The lowest BCUT2D eigenvalue weighted by Crippen LogP contribution is -2.06. The number of hydrogen-bond donors (Lipinski definition) is 1. The molecular weight excluding hydrogens is 308 g/mol. The van der Waals surface area contributed by atoms with Crippen LogP contribution in [0.5, 0.6) is 5.75 Å². The zero-order valence-electron chi connectivity index (χ0n) is 11.3. The summed E-state index contributed by atoms with van der Waals surface area (Å²) in [5.74, 6) is 2.45. The van der Waals surface area contributed by atoms with Crippen LogP contribution in [0, 0.1) is 0 Å². The third kappa shape index (κ3) is 2.73. The fourth-order valence-corrected chi connectivity index (χ4v) is 2.45. The lowest BCUT2D eigenvalue weighted by atomic mass is 10.2. The van der Waals surface area contributed by atoms with Crippen molar-refractivity contribution in [3.05, 3.63) is 22.7 Å². The summed E-state index contributed by atoms with van der Waals surface area (Å²) in [6.07, 6.45) is 0. The molecule has 5 nitrogen and oxygen atoms in total. The molecular formula is C13H17BrN4O. The van der Waals surface area contributed by atoms with Crippen molar-refractivity contribution in [2.45, 2.75) is 20.4 Å². The van der Waals surface area contributed by atoms with Crippen molar-refractivity contribution in [1.82, 2.24) is 14.8 Å². The van der Waals surface area contributed by atoms with Crippen LogP contribution in [-0.2, 0) is 6.54 Å². The Labute approximate surface area is 121 Å². The first-order valence-corrected chi connectivity index (χ1v) is 7.01. The minimum Gasteiger partial charge on any atom is -0.496 e. The molecule has 0 atom stereocenters. The van der Waals surface area contributed by atoms with E-state index in [1.165, 1.54) is 0 Å². The molecule has 0 amide bonds. The summed E-state index contributed by atoms with van der Waals surface area (Å²) in [6, 6.07) is 5.89. The fraction of sp³-hybridized carbons (Fsp3) is 0.385. The number of ether oxygens (including phenoxy) is 1. The molecule has 2 aromatic rings. The monoisotopic (exact) mass is 324 g/mol. The molecule has 0 radical (unpaired) electrons. The normalized spacial score (nSPS) is 10.5. The van der Waals surface area contributed by atoms with Crippen LogP contribution in [0.2, 0.25) is 0 Å². The Bertz CT molecular complexity index is 568. The maximum Gasteiger partial charge on any atom is 0.224 e.